The van der Waals surface area contributed by atoms with Crippen molar-refractivity contribution in [3.8, 4) is 34.1 Å². The summed E-state index contributed by atoms with van der Waals surface area (Å²) in [6.45, 7) is 1.74. The van der Waals surface area contributed by atoms with Crippen LogP contribution in [0.5, 0.6) is 5.75 Å². The molecule has 2 aromatic heterocycles. The Morgan fingerprint density at radius 2 is 1.69 bits per heavy atom. The van der Waals surface area contributed by atoms with Crippen molar-refractivity contribution in [3.05, 3.63) is 102 Å². The number of amides is 1. The van der Waals surface area contributed by atoms with Gasteiger partial charge in [-0.05, 0) is 67.6 Å². The van der Waals surface area contributed by atoms with Crippen LogP contribution in [-0.2, 0) is 0 Å². The van der Waals surface area contributed by atoms with Gasteiger partial charge >= 0.3 is 0 Å². The number of halogens is 1. The highest BCUT2D eigenvalue weighted by atomic mass is 19.1. The maximum atomic E-state index is 13.4. The van der Waals surface area contributed by atoms with Gasteiger partial charge in [0.25, 0.3) is 5.91 Å². The first-order chi connectivity index (χ1) is 17.5. The largest absolute Gasteiger partial charge is 0.497 e. The molecule has 0 aliphatic heterocycles. The molecule has 5 aromatic rings. The average Bonchev–Trinajstić information content (AvgIpc) is 3.58. The van der Waals surface area contributed by atoms with Crippen molar-refractivity contribution in [1.82, 2.24) is 25.2 Å². The van der Waals surface area contributed by atoms with Crippen LogP contribution in [0, 0.1) is 5.82 Å². The van der Waals surface area contributed by atoms with Crippen molar-refractivity contribution in [3.63, 3.8) is 0 Å². The van der Waals surface area contributed by atoms with Crippen molar-refractivity contribution in [1.29, 1.82) is 0 Å². The quantitative estimate of drug-likeness (QED) is 0.341. The van der Waals surface area contributed by atoms with Gasteiger partial charge in [0.1, 0.15) is 23.3 Å². The lowest BCUT2D eigenvalue weighted by molar-refractivity contribution is 0.0933. The van der Waals surface area contributed by atoms with Crippen LogP contribution in [0.4, 0.5) is 4.39 Å². The topological polar surface area (TPSA) is 95.1 Å². The third-order valence-corrected chi connectivity index (χ3v) is 5.61. The molecule has 3 aromatic carbocycles. The summed E-state index contributed by atoms with van der Waals surface area (Å²) in [7, 11) is 1.60. The zero-order chi connectivity index (χ0) is 25.1. The van der Waals surface area contributed by atoms with Crippen LogP contribution < -0.4 is 10.1 Å². The summed E-state index contributed by atoms with van der Waals surface area (Å²) >= 11 is 0. The Morgan fingerprint density at radius 1 is 1.00 bits per heavy atom. The Bertz CT molecular complexity index is 1480. The Balaban J connectivity index is 1.43. The highest BCUT2D eigenvalue weighted by Gasteiger charge is 2.23. The first-order valence-electron chi connectivity index (χ1n) is 11.2. The molecule has 0 aliphatic rings. The number of para-hydroxylation sites is 1. The third kappa shape index (κ3) is 4.72. The number of hydrogen-bond acceptors (Lipinski definition) is 6. The van der Waals surface area contributed by atoms with Gasteiger partial charge in [0.05, 0.1) is 18.4 Å². The molecule has 9 heteroatoms. The SMILES string of the molecule is COc1ccc(-c2nn(-c3ccccc3)cc2C(=O)NC(C)c2nc(-c3ccc(F)cc3)no2)cc1. The zero-order valence-electron chi connectivity index (χ0n) is 19.6. The van der Waals surface area contributed by atoms with E-state index in [0.29, 0.717) is 28.4 Å². The normalized spacial score (nSPS) is 11.8. The molecule has 0 bridgehead atoms. The van der Waals surface area contributed by atoms with Gasteiger partial charge in [0.2, 0.25) is 11.7 Å². The fourth-order valence-electron chi connectivity index (χ4n) is 3.68. The van der Waals surface area contributed by atoms with E-state index in [9.17, 15) is 9.18 Å². The summed E-state index contributed by atoms with van der Waals surface area (Å²) in [5.74, 6) is 0.532. The Hall–Kier alpha value is -4.79. The summed E-state index contributed by atoms with van der Waals surface area (Å²) in [6, 6.07) is 22.1. The van der Waals surface area contributed by atoms with Crippen molar-refractivity contribution in [2.75, 3.05) is 7.11 Å². The lowest BCUT2D eigenvalue weighted by Gasteiger charge is -2.10. The second kappa shape index (κ2) is 9.83. The molecule has 5 rings (SSSR count). The summed E-state index contributed by atoms with van der Waals surface area (Å²) in [6.07, 6.45) is 1.69. The standard InChI is InChI=1S/C27H22FN5O3/c1-17(27-30-25(32-36-27)19-8-12-20(28)13-9-19)29-26(34)23-16-33(21-6-4-3-5-7-21)31-24(23)18-10-14-22(35-2)15-11-18/h3-17H,1-2H3,(H,29,34). The predicted molar refractivity (Wildman–Crippen MR) is 131 cm³/mol. The van der Waals surface area contributed by atoms with Gasteiger partial charge in [0.15, 0.2) is 0 Å². The van der Waals surface area contributed by atoms with Crippen LogP contribution in [0.25, 0.3) is 28.3 Å². The predicted octanol–water partition coefficient (Wildman–Crippen LogP) is 5.23. The van der Waals surface area contributed by atoms with E-state index in [1.54, 1.807) is 37.0 Å². The number of carbonyl (C=O) groups is 1. The van der Waals surface area contributed by atoms with Crippen molar-refractivity contribution in [2.45, 2.75) is 13.0 Å². The number of nitrogens with one attached hydrogen (secondary N) is 1. The van der Waals surface area contributed by atoms with Gasteiger partial charge in [-0.2, -0.15) is 10.1 Å². The van der Waals surface area contributed by atoms with Gasteiger partial charge < -0.3 is 14.6 Å². The Kier molecular flexibility index (Phi) is 6.27. The van der Waals surface area contributed by atoms with E-state index in [2.05, 4.69) is 15.5 Å². The third-order valence-electron chi connectivity index (χ3n) is 5.61. The minimum absolute atomic E-state index is 0.226. The van der Waals surface area contributed by atoms with E-state index in [-0.39, 0.29) is 17.6 Å². The summed E-state index contributed by atoms with van der Waals surface area (Å²) in [5, 5.41) is 11.6. The van der Waals surface area contributed by atoms with E-state index in [0.717, 1.165) is 11.3 Å². The van der Waals surface area contributed by atoms with Crippen LogP contribution in [0.1, 0.15) is 29.2 Å². The fraction of sp³-hybridized carbons (Fsp3) is 0.111. The molecule has 0 aliphatic carbocycles. The molecule has 1 unspecified atom stereocenters. The molecule has 0 radical (unpaired) electrons. The second-order valence-electron chi connectivity index (χ2n) is 8.06. The number of nitrogens with zero attached hydrogens (tertiary/aromatic N) is 4. The monoisotopic (exact) mass is 483 g/mol. The lowest BCUT2D eigenvalue weighted by Crippen LogP contribution is -2.27. The number of rotatable bonds is 7. The molecule has 8 nitrogen and oxygen atoms in total. The van der Waals surface area contributed by atoms with E-state index < -0.39 is 6.04 Å². The molecule has 1 N–H and O–H groups in total. The molecule has 2 heterocycles. The highest BCUT2D eigenvalue weighted by molar-refractivity contribution is 6.00. The second-order valence-corrected chi connectivity index (χ2v) is 8.06. The molecule has 180 valence electrons. The molecule has 1 atom stereocenters. The maximum Gasteiger partial charge on any atom is 0.255 e. The first kappa shape index (κ1) is 23.0. The van der Waals surface area contributed by atoms with Crippen LogP contribution in [0.2, 0.25) is 0 Å². The van der Waals surface area contributed by atoms with Gasteiger partial charge in [0, 0.05) is 17.3 Å². The highest BCUT2D eigenvalue weighted by Crippen LogP contribution is 2.27. The summed E-state index contributed by atoms with van der Waals surface area (Å²) < 4.78 is 25.5. The summed E-state index contributed by atoms with van der Waals surface area (Å²) in [5.41, 5.74) is 3.09. The first-order valence-corrected chi connectivity index (χ1v) is 11.2. The Labute approximate surface area is 206 Å². The van der Waals surface area contributed by atoms with Crippen LogP contribution in [0.15, 0.2) is 89.6 Å². The van der Waals surface area contributed by atoms with Crippen LogP contribution in [-0.4, -0.2) is 32.9 Å². The number of ether oxygens (including phenoxy) is 1. The molecule has 0 saturated heterocycles. The number of aromatic nitrogens is 4. The maximum absolute atomic E-state index is 13.4. The smallest absolute Gasteiger partial charge is 0.255 e. The van der Waals surface area contributed by atoms with Crippen molar-refractivity contribution < 1.29 is 18.4 Å². The van der Waals surface area contributed by atoms with Crippen molar-refractivity contribution >= 4 is 5.91 Å². The fourth-order valence-corrected chi connectivity index (χ4v) is 3.68. The molecular formula is C27H22FN5O3. The van der Waals surface area contributed by atoms with E-state index in [1.165, 1.54) is 12.1 Å². The van der Waals surface area contributed by atoms with Gasteiger partial charge in [-0.25, -0.2) is 9.07 Å². The van der Waals surface area contributed by atoms with Crippen LogP contribution >= 0.6 is 0 Å². The minimum atomic E-state index is -0.581. The number of benzene rings is 3. The van der Waals surface area contributed by atoms with Crippen LogP contribution in [0.3, 0.4) is 0 Å². The Morgan fingerprint density at radius 3 is 2.39 bits per heavy atom. The minimum Gasteiger partial charge on any atom is -0.497 e. The number of methoxy groups -OCH3 is 1. The van der Waals surface area contributed by atoms with E-state index >= 15 is 0 Å². The van der Waals surface area contributed by atoms with E-state index in [4.69, 9.17) is 14.4 Å². The average molecular weight is 484 g/mol. The number of hydrogen-bond donors (Lipinski definition) is 1. The van der Waals surface area contributed by atoms with Gasteiger partial charge in [-0.15, -0.1) is 0 Å². The van der Waals surface area contributed by atoms with Crippen molar-refractivity contribution in [2.24, 2.45) is 0 Å². The lowest BCUT2D eigenvalue weighted by atomic mass is 10.1. The molecule has 0 spiro atoms. The van der Waals surface area contributed by atoms with Gasteiger partial charge in [-0.3, -0.25) is 4.79 Å². The molecule has 0 saturated carbocycles. The van der Waals surface area contributed by atoms with E-state index in [1.807, 2.05) is 54.6 Å². The summed E-state index contributed by atoms with van der Waals surface area (Å²) in [4.78, 5) is 17.7. The molecule has 36 heavy (non-hydrogen) atoms. The number of carbonyl (C=O) groups excluding carboxylic acids is 1. The molecule has 1 amide bonds. The van der Waals surface area contributed by atoms with Gasteiger partial charge in [-0.1, -0.05) is 23.4 Å². The zero-order valence-corrected chi connectivity index (χ0v) is 19.6. The molecular weight excluding hydrogens is 461 g/mol. The molecule has 0 fully saturated rings.